The molecule has 0 spiro atoms. The maximum absolute atomic E-state index is 5.24. The first-order valence-corrected chi connectivity index (χ1v) is 4.90. The van der Waals surface area contributed by atoms with Crippen LogP contribution in [0.15, 0.2) is 0 Å². The van der Waals surface area contributed by atoms with E-state index in [4.69, 9.17) is 4.74 Å². The van der Waals surface area contributed by atoms with Crippen LogP contribution in [0.4, 0.5) is 0 Å². The van der Waals surface area contributed by atoms with E-state index in [2.05, 4.69) is 21.2 Å². The van der Waals surface area contributed by atoms with Crippen molar-refractivity contribution in [2.24, 2.45) is 5.92 Å². The van der Waals surface area contributed by atoms with Gasteiger partial charge in [0.05, 0.1) is 6.61 Å². The molecule has 0 aromatic rings. The van der Waals surface area contributed by atoms with Crippen molar-refractivity contribution >= 4 is 15.9 Å². The third-order valence-electron chi connectivity index (χ3n) is 1.73. The number of hydrogen-bond donors (Lipinski definition) is 1. The number of halogens is 1. The molecule has 1 heterocycles. The lowest BCUT2D eigenvalue weighted by molar-refractivity contribution is 0.185. The van der Waals surface area contributed by atoms with Crippen molar-refractivity contribution in [2.75, 3.05) is 31.6 Å². The van der Waals surface area contributed by atoms with Crippen LogP contribution in [0.3, 0.4) is 0 Å². The topological polar surface area (TPSA) is 21.3 Å². The summed E-state index contributed by atoms with van der Waals surface area (Å²) in [6.45, 7) is 4.10. The maximum Gasteiger partial charge on any atom is 0.0507 e. The fraction of sp³-hybridized carbons (Fsp3) is 1.00. The molecule has 1 N–H and O–H groups in total. The van der Waals surface area contributed by atoms with Crippen LogP contribution in [-0.2, 0) is 4.74 Å². The molecule has 0 amide bonds. The molecule has 0 radical (unpaired) electrons. The van der Waals surface area contributed by atoms with Gasteiger partial charge in [0.1, 0.15) is 0 Å². The molecule has 1 aliphatic heterocycles. The van der Waals surface area contributed by atoms with Gasteiger partial charge in [-0.25, -0.2) is 0 Å². The van der Waals surface area contributed by atoms with Gasteiger partial charge in [0.15, 0.2) is 0 Å². The molecule has 1 aliphatic rings. The number of alkyl halides is 1. The smallest absolute Gasteiger partial charge is 0.0507 e. The van der Waals surface area contributed by atoms with Gasteiger partial charge in [-0.15, -0.1) is 0 Å². The Balaban J connectivity index is 1.91. The largest absolute Gasteiger partial charge is 0.381 e. The lowest BCUT2D eigenvalue weighted by atomic mass is 10.1. The predicted octanol–water partition coefficient (Wildman–Crippen LogP) is 1.01. The first-order valence-electron chi connectivity index (χ1n) is 3.78. The lowest BCUT2D eigenvalue weighted by Gasteiger charge is -2.06. The van der Waals surface area contributed by atoms with Gasteiger partial charge in [0.2, 0.25) is 0 Å². The van der Waals surface area contributed by atoms with Crippen molar-refractivity contribution < 1.29 is 4.74 Å². The zero-order valence-corrected chi connectivity index (χ0v) is 7.69. The van der Waals surface area contributed by atoms with Gasteiger partial charge in [-0.1, -0.05) is 15.9 Å². The summed E-state index contributed by atoms with van der Waals surface area (Å²) >= 11 is 3.37. The highest BCUT2D eigenvalue weighted by Gasteiger charge is 2.13. The van der Waals surface area contributed by atoms with E-state index < -0.39 is 0 Å². The molecule has 1 atom stereocenters. The lowest BCUT2D eigenvalue weighted by Crippen LogP contribution is -2.24. The molecule has 0 bridgehead atoms. The molecule has 10 heavy (non-hydrogen) atoms. The summed E-state index contributed by atoms with van der Waals surface area (Å²) in [7, 11) is 0. The Morgan fingerprint density at radius 1 is 1.60 bits per heavy atom. The molecule has 0 aliphatic carbocycles. The third kappa shape index (κ3) is 2.99. The van der Waals surface area contributed by atoms with Crippen LogP contribution in [0.2, 0.25) is 0 Å². The number of rotatable bonds is 4. The SMILES string of the molecule is BrCCNCC1CCOC1. The van der Waals surface area contributed by atoms with Crippen molar-refractivity contribution in [2.45, 2.75) is 6.42 Å². The van der Waals surface area contributed by atoms with E-state index >= 15 is 0 Å². The zero-order valence-electron chi connectivity index (χ0n) is 6.11. The summed E-state index contributed by atoms with van der Waals surface area (Å²) in [5.74, 6) is 0.763. The minimum absolute atomic E-state index is 0.763. The highest BCUT2D eigenvalue weighted by molar-refractivity contribution is 9.09. The number of hydrogen-bond acceptors (Lipinski definition) is 2. The minimum atomic E-state index is 0.763. The van der Waals surface area contributed by atoms with Crippen molar-refractivity contribution in [3.63, 3.8) is 0 Å². The van der Waals surface area contributed by atoms with E-state index in [-0.39, 0.29) is 0 Å². The molecule has 0 saturated carbocycles. The zero-order chi connectivity index (χ0) is 7.23. The summed E-state index contributed by atoms with van der Waals surface area (Å²) in [4.78, 5) is 0. The Morgan fingerprint density at radius 3 is 3.10 bits per heavy atom. The summed E-state index contributed by atoms with van der Waals surface area (Å²) in [6.07, 6.45) is 1.23. The van der Waals surface area contributed by atoms with Gasteiger partial charge in [-0.2, -0.15) is 0 Å². The Labute approximate surface area is 70.5 Å². The van der Waals surface area contributed by atoms with E-state index in [1.165, 1.54) is 6.42 Å². The molecule has 3 heteroatoms. The van der Waals surface area contributed by atoms with Crippen LogP contribution in [0.25, 0.3) is 0 Å². The van der Waals surface area contributed by atoms with Crippen LogP contribution in [0, 0.1) is 5.92 Å². The maximum atomic E-state index is 5.24. The number of ether oxygens (including phenoxy) is 1. The van der Waals surface area contributed by atoms with Crippen molar-refractivity contribution in [1.29, 1.82) is 0 Å². The third-order valence-corrected chi connectivity index (χ3v) is 2.12. The molecule has 1 fully saturated rings. The fourth-order valence-corrected chi connectivity index (χ4v) is 1.40. The van der Waals surface area contributed by atoms with Gasteiger partial charge in [0, 0.05) is 25.0 Å². The van der Waals surface area contributed by atoms with Crippen molar-refractivity contribution in [3.8, 4) is 0 Å². The average molecular weight is 208 g/mol. The minimum Gasteiger partial charge on any atom is -0.381 e. The number of nitrogens with one attached hydrogen (secondary N) is 1. The Bertz CT molecular complexity index is 83.7. The molecule has 60 valence electrons. The van der Waals surface area contributed by atoms with Crippen LogP contribution in [0.1, 0.15) is 6.42 Å². The molecular formula is C7H14BrNO. The average Bonchev–Trinajstić information content (AvgIpc) is 2.41. The van der Waals surface area contributed by atoms with E-state index in [9.17, 15) is 0 Å². The van der Waals surface area contributed by atoms with Crippen LogP contribution < -0.4 is 5.32 Å². The summed E-state index contributed by atoms with van der Waals surface area (Å²) in [6, 6.07) is 0. The van der Waals surface area contributed by atoms with Gasteiger partial charge >= 0.3 is 0 Å². The van der Waals surface area contributed by atoms with E-state index in [1.807, 2.05) is 0 Å². The van der Waals surface area contributed by atoms with E-state index in [0.29, 0.717) is 0 Å². The van der Waals surface area contributed by atoms with Gasteiger partial charge in [-0.3, -0.25) is 0 Å². The molecule has 0 aromatic heterocycles. The second-order valence-electron chi connectivity index (χ2n) is 2.62. The molecular weight excluding hydrogens is 194 g/mol. The van der Waals surface area contributed by atoms with E-state index in [1.54, 1.807) is 0 Å². The van der Waals surface area contributed by atoms with Gasteiger partial charge < -0.3 is 10.1 Å². The summed E-state index contributed by atoms with van der Waals surface area (Å²) < 4.78 is 5.24. The van der Waals surface area contributed by atoms with Gasteiger partial charge in [0.25, 0.3) is 0 Å². The molecule has 2 nitrogen and oxygen atoms in total. The monoisotopic (exact) mass is 207 g/mol. The first kappa shape index (κ1) is 8.50. The Hall–Kier alpha value is 0.400. The summed E-state index contributed by atoms with van der Waals surface area (Å²) in [5.41, 5.74) is 0. The molecule has 1 saturated heterocycles. The van der Waals surface area contributed by atoms with Crippen LogP contribution in [-0.4, -0.2) is 31.6 Å². The Morgan fingerprint density at radius 2 is 2.50 bits per heavy atom. The van der Waals surface area contributed by atoms with Crippen LogP contribution in [0.5, 0.6) is 0 Å². The standard InChI is InChI=1S/C7H14BrNO/c8-2-3-9-5-7-1-4-10-6-7/h7,9H,1-6H2. The second-order valence-corrected chi connectivity index (χ2v) is 3.42. The van der Waals surface area contributed by atoms with Crippen LogP contribution >= 0.6 is 15.9 Å². The quantitative estimate of drug-likeness (QED) is 0.549. The fourth-order valence-electron chi connectivity index (χ4n) is 1.12. The Kier molecular flexibility index (Phi) is 4.34. The second kappa shape index (κ2) is 5.10. The highest BCUT2D eigenvalue weighted by Crippen LogP contribution is 2.10. The molecule has 1 rings (SSSR count). The van der Waals surface area contributed by atoms with Crippen molar-refractivity contribution in [1.82, 2.24) is 5.32 Å². The molecule has 0 aromatic carbocycles. The normalized spacial score (nSPS) is 25.5. The predicted molar refractivity (Wildman–Crippen MR) is 45.6 cm³/mol. The van der Waals surface area contributed by atoms with Crippen molar-refractivity contribution in [3.05, 3.63) is 0 Å². The van der Waals surface area contributed by atoms with Gasteiger partial charge in [-0.05, 0) is 12.3 Å². The molecule has 1 unspecified atom stereocenters. The van der Waals surface area contributed by atoms with E-state index in [0.717, 1.165) is 37.6 Å². The summed E-state index contributed by atoms with van der Waals surface area (Å²) in [5, 5.41) is 4.39. The first-order chi connectivity index (χ1) is 4.93. The highest BCUT2D eigenvalue weighted by atomic mass is 79.9.